The normalized spacial score (nSPS) is 10.0. The average Bonchev–Trinajstić information content (AvgIpc) is 2.98. The van der Waals surface area contributed by atoms with Gasteiger partial charge in [-0.2, -0.15) is 0 Å². The Labute approximate surface area is 128 Å². The Morgan fingerprint density at radius 3 is 2.48 bits per heavy atom. The number of likely N-dealkylation sites (N-methyl/N-ethyl adjacent to an activating group) is 2. The summed E-state index contributed by atoms with van der Waals surface area (Å²) in [5, 5.41) is 1.81. The van der Waals surface area contributed by atoms with Crippen LogP contribution in [-0.4, -0.2) is 60.9 Å². The summed E-state index contributed by atoms with van der Waals surface area (Å²) in [5.74, 6) is -0.927. The first-order valence-electron chi connectivity index (χ1n) is 6.71. The molecular weight excluding hydrogens is 292 g/mol. The minimum Gasteiger partial charge on any atom is -0.465 e. The third-order valence-corrected chi connectivity index (χ3v) is 3.67. The molecule has 0 aliphatic heterocycles. The highest BCUT2D eigenvalue weighted by Crippen LogP contribution is 2.11. The van der Waals surface area contributed by atoms with Gasteiger partial charge in [-0.15, -0.1) is 11.3 Å². The van der Waals surface area contributed by atoms with Crippen molar-refractivity contribution in [3.63, 3.8) is 0 Å². The summed E-state index contributed by atoms with van der Waals surface area (Å²) in [4.78, 5) is 38.9. The maximum atomic E-state index is 12.1. The highest BCUT2D eigenvalue weighted by molar-refractivity contribution is 7.12. The molecule has 0 saturated heterocycles. The smallest absolute Gasteiger partial charge is 0.325 e. The number of esters is 1. The number of thiophene rings is 1. The van der Waals surface area contributed by atoms with Crippen molar-refractivity contribution in [2.45, 2.75) is 13.8 Å². The van der Waals surface area contributed by atoms with E-state index in [1.54, 1.807) is 33.0 Å². The second-order valence-corrected chi connectivity index (χ2v) is 5.30. The first kappa shape index (κ1) is 17.2. The van der Waals surface area contributed by atoms with Crippen LogP contribution in [0.25, 0.3) is 0 Å². The van der Waals surface area contributed by atoms with Crippen molar-refractivity contribution < 1.29 is 19.1 Å². The summed E-state index contributed by atoms with van der Waals surface area (Å²) >= 11 is 1.33. The molecule has 0 unspecified atom stereocenters. The summed E-state index contributed by atoms with van der Waals surface area (Å²) in [6, 6.07) is 3.50. The van der Waals surface area contributed by atoms with Crippen LogP contribution in [-0.2, 0) is 14.3 Å². The molecule has 0 radical (unpaired) electrons. The molecule has 116 valence electrons. The van der Waals surface area contributed by atoms with Gasteiger partial charge in [-0.3, -0.25) is 14.4 Å². The molecule has 0 saturated carbocycles. The lowest BCUT2D eigenvalue weighted by atomic mass is 10.3. The van der Waals surface area contributed by atoms with Crippen molar-refractivity contribution in [2.24, 2.45) is 0 Å². The third-order valence-electron chi connectivity index (χ3n) is 2.81. The summed E-state index contributed by atoms with van der Waals surface area (Å²) in [6.07, 6.45) is 0. The molecule has 0 N–H and O–H groups in total. The van der Waals surface area contributed by atoms with Crippen LogP contribution in [0.5, 0.6) is 0 Å². The van der Waals surface area contributed by atoms with Gasteiger partial charge in [0, 0.05) is 13.6 Å². The van der Waals surface area contributed by atoms with Crippen LogP contribution >= 0.6 is 11.3 Å². The highest BCUT2D eigenvalue weighted by atomic mass is 32.1. The van der Waals surface area contributed by atoms with Crippen LogP contribution in [0.3, 0.4) is 0 Å². The van der Waals surface area contributed by atoms with Gasteiger partial charge >= 0.3 is 5.97 Å². The first-order valence-corrected chi connectivity index (χ1v) is 7.59. The molecule has 1 aromatic heterocycles. The van der Waals surface area contributed by atoms with Crippen LogP contribution in [0, 0.1) is 0 Å². The first-order chi connectivity index (χ1) is 9.99. The van der Waals surface area contributed by atoms with E-state index in [9.17, 15) is 14.4 Å². The third kappa shape index (κ3) is 5.18. The second-order valence-electron chi connectivity index (χ2n) is 4.35. The molecule has 0 aliphatic rings. The summed E-state index contributed by atoms with van der Waals surface area (Å²) < 4.78 is 4.82. The molecule has 1 aromatic rings. The van der Waals surface area contributed by atoms with E-state index in [0.29, 0.717) is 11.4 Å². The van der Waals surface area contributed by atoms with Crippen molar-refractivity contribution in [1.29, 1.82) is 0 Å². The minimum atomic E-state index is -0.445. The van der Waals surface area contributed by atoms with Gasteiger partial charge in [-0.05, 0) is 25.3 Å². The molecule has 2 amide bonds. The maximum absolute atomic E-state index is 12.1. The fourth-order valence-corrected chi connectivity index (χ4v) is 2.42. The van der Waals surface area contributed by atoms with Crippen molar-refractivity contribution in [3.05, 3.63) is 22.4 Å². The Morgan fingerprint density at radius 2 is 1.95 bits per heavy atom. The van der Waals surface area contributed by atoms with E-state index in [1.165, 1.54) is 21.1 Å². The van der Waals surface area contributed by atoms with Crippen molar-refractivity contribution in [2.75, 3.05) is 33.3 Å². The Balaban J connectivity index is 2.57. The Bertz CT molecular complexity index is 487. The average molecular weight is 312 g/mol. The van der Waals surface area contributed by atoms with Crippen molar-refractivity contribution >= 4 is 29.1 Å². The lowest BCUT2D eigenvalue weighted by Crippen LogP contribution is -2.43. The number of hydrogen-bond acceptors (Lipinski definition) is 5. The van der Waals surface area contributed by atoms with E-state index >= 15 is 0 Å². The van der Waals surface area contributed by atoms with Gasteiger partial charge < -0.3 is 14.5 Å². The highest BCUT2D eigenvalue weighted by Gasteiger charge is 2.21. The molecule has 0 fully saturated rings. The van der Waals surface area contributed by atoms with Gasteiger partial charge in [0.15, 0.2) is 0 Å². The number of carbonyl (C=O) groups is 3. The van der Waals surface area contributed by atoms with Crippen molar-refractivity contribution in [3.8, 4) is 0 Å². The summed E-state index contributed by atoms with van der Waals surface area (Å²) in [7, 11) is 1.57. The lowest BCUT2D eigenvalue weighted by molar-refractivity contribution is -0.148. The van der Waals surface area contributed by atoms with E-state index in [-0.39, 0.29) is 31.5 Å². The molecule has 1 rings (SSSR count). The van der Waals surface area contributed by atoms with Gasteiger partial charge in [0.1, 0.15) is 6.54 Å². The fraction of sp³-hybridized carbons (Fsp3) is 0.500. The van der Waals surface area contributed by atoms with Crippen LogP contribution < -0.4 is 0 Å². The van der Waals surface area contributed by atoms with Crippen LogP contribution in [0.4, 0.5) is 0 Å². The Morgan fingerprint density at radius 1 is 1.24 bits per heavy atom. The SMILES string of the molecule is CCOC(=O)CN(CC)C(=O)CN(C)C(=O)c1cccs1. The number of ether oxygens (including phenoxy) is 1. The Hall–Kier alpha value is -1.89. The predicted octanol–water partition coefficient (Wildman–Crippen LogP) is 1.23. The van der Waals surface area contributed by atoms with Gasteiger partial charge in [0.2, 0.25) is 5.91 Å². The van der Waals surface area contributed by atoms with E-state index in [0.717, 1.165) is 0 Å². The molecule has 0 bridgehead atoms. The number of nitrogens with zero attached hydrogens (tertiary/aromatic N) is 2. The minimum absolute atomic E-state index is 0.0655. The predicted molar refractivity (Wildman–Crippen MR) is 80.2 cm³/mol. The number of amides is 2. The zero-order valence-corrected chi connectivity index (χ0v) is 13.3. The molecule has 1 heterocycles. The molecular formula is C14H20N2O4S. The molecule has 21 heavy (non-hydrogen) atoms. The zero-order valence-electron chi connectivity index (χ0n) is 12.5. The maximum Gasteiger partial charge on any atom is 0.325 e. The number of carbonyl (C=O) groups excluding carboxylic acids is 3. The largest absolute Gasteiger partial charge is 0.465 e. The Kier molecular flexibility index (Phi) is 6.87. The number of hydrogen-bond donors (Lipinski definition) is 0. The monoisotopic (exact) mass is 312 g/mol. The lowest BCUT2D eigenvalue weighted by Gasteiger charge is -2.23. The van der Waals surface area contributed by atoms with E-state index in [1.807, 2.05) is 5.38 Å². The zero-order chi connectivity index (χ0) is 15.8. The van der Waals surface area contributed by atoms with Crippen LogP contribution in [0.15, 0.2) is 17.5 Å². The standard InChI is InChI=1S/C14H20N2O4S/c1-4-16(10-13(18)20-5-2)12(17)9-15(3)14(19)11-7-6-8-21-11/h6-8H,4-5,9-10H2,1-3H3. The number of rotatable bonds is 7. The fourth-order valence-electron chi connectivity index (χ4n) is 1.70. The second kappa shape index (κ2) is 8.41. The van der Waals surface area contributed by atoms with Crippen LogP contribution in [0.2, 0.25) is 0 Å². The topological polar surface area (TPSA) is 66.9 Å². The van der Waals surface area contributed by atoms with E-state index in [4.69, 9.17) is 4.74 Å². The molecule has 0 atom stereocenters. The van der Waals surface area contributed by atoms with Gasteiger partial charge in [-0.1, -0.05) is 6.07 Å². The van der Waals surface area contributed by atoms with Gasteiger partial charge in [-0.25, -0.2) is 0 Å². The summed E-state index contributed by atoms with van der Waals surface area (Å²) in [6.45, 7) is 4.00. The molecule has 7 heteroatoms. The van der Waals surface area contributed by atoms with Crippen molar-refractivity contribution in [1.82, 2.24) is 9.80 Å². The van der Waals surface area contributed by atoms with E-state index in [2.05, 4.69) is 0 Å². The summed E-state index contributed by atoms with van der Waals surface area (Å²) in [5.41, 5.74) is 0. The van der Waals surface area contributed by atoms with Gasteiger partial charge in [0.05, 0.1) is 18.0 Å². The van der Waals surface area contributed by atoms with Crippen LogP contribution in [0.1, 0.15) is 23.5 Å². The van der Waals surface area contributed by atoms with E-state index < -0.39 is 5.97 Å². The molecule has 0 aliphatic carbocycles. The molecule has 6 nitrogen and oxygen atoms in total. The molecule has 0 aromatic carbocycles. The molecule has 0 spiro atoms. The quantitative estimate of drug-likeness (QED) is 0.710. The van der Waals surface area contributed by atoms with Gasteiger partial charge in [0.25, 0.3) is 5.91 Å².